The second kappa shape index (κ2) is 8.63. The van der Waals surface area contributed by atoms with Gasteiger partial charge in [0, 0.05) is 10.8 Å². The summed E-state index contributed by atoms with van der Waals surface area (Å²) in [5, 5.41) is 0. The van der Waals surface area contributed by atoms with Crippen molar-refractivity contribution in [2.24, 2.45) is 34.5 Å². The first-order valence-corrected chi connectivity index (χ1v) is 10.6. The highest BCUT2D eigenvalue weighted by Gasteiger charge is 2.85. The number of rotatable bonds is 4. The number of ether oxygens (including phenoxy) is 4. The van der Waals surface area contributed by atoms with Gasteiger partial charge in [-0.25, -0.2) is 0 Å². The van der Waals surface area contributed by atoms with Gasteiger partial charge in [-0.3, -0.25) is 28.8 Å². The van der Waals surface area contributed by atoms with E-state index in [1.807, 2.05) is 0 Å². The van der Waals surface area contributed by atoms with Crippen molar-refractivity contribution in [3.63, 3.8) is 0 Å². The first-order valence-electron chi connectivity index (χ1n) is 10.6. The van der Waals surface area contributed by atoms with Gasteiger partial charge in [0.15, 0.2) is 11.6 Å². The second-order valence-corrected chi connectivity index (χ2v) is 8.62. The van der Waals surface area contributed by atoms with Gasteiger partial charge < -0.3 is 18.9 Å². The van der Waals surface area contributed by atoms with Crippen molar-refractivity contribution in [2.45, 2.75) is 38.5 Å². The Morgan fingerprint density at radius 3 is 1.03 bits per heavy atom. The first-order chi connectivity index (χ1) is 15.2. The summed E-state index contributed by atoms with van der Waals surface area (Å²) < 4.78 is 19.7. The standard InChI is InChI=1S/C22H28O10/c1-29-17(25)11-15(23)12(18(26)30-2)22-10-8-6-5-7-9-21(11,22)13(19(27)31-3)16(24)14(22)20(28)32-4/h11-14H,5-10H2,1-4H3/t11-,12+,13-,14+,21?,22?. The predicted molar refractivity (Wildman–Crippen MR) is 105 cm³/mol. The van der Waals surface area contributed by atoms with E-state index in [0.717, 1.165) is 41.3 Å². The van der Waals surface area contributed by atoms with E-state index in [0.29, 0.717) is 12.8 Å². The maximum Gasteiger partial charge on any atom is 0.316 e. The zero-order valence-electron chi connectivity index (χ0n) is 18.6. The Kier molecular flexibility index (Phi) is 6.44. The molecule has 0 heterocycles. The summed E-state index contributed by atoms with van der Waals surface area (Å²) in [7, 11) is 4.35. The largest absolute Gasteiger partial charge is 0.468 e. The molecule has 3 aliphatic carbocycles. The van der Waals surface area contributed by atoms with E-state index in [1.54, 1.807) is 0 Å². The minimum absolute atomic E-state index is 0.0883. The molecular formula is C22H28O10. The van der Waals surface area contributed by atoms with Crippen molar-refractivity contribution < 1.29 is 47.7 Å². The van der Waals surface area contributed by atoms with E-state index in [1.165, 1.54) is 0 Å². The van der Waals surface area contributed by atoms with Crippen LogP contribution in [0.4, 0.5) is 0 Å². The SMILES string of the molecule is COC(=O)[C@@H]1C(=O)[C@H](C(=O)OC)C23CCCCCCC12[C@H](C(=O)OC)C(=O)[C@@H]3C(=O)OC. The van der Waals surface area contributed by atoms with Gasteiger partial charge in [-0.15, -0.1) is 0 Å². The molecule has 0 spiro atoms. The van der Waals surface area contributed by atoms with Crippen LogP contribution in [0, 0.1) is 34.5 Å². The van der Waals surface area contributed by atoms with Gasteiger partial charge in [0.2, 0.25) is 0 Å². The Labute approximate surface area is 185 Å². The van der Waals surface area contributed by atoms with Crippen LogP contribution in [0.3, 0.4) is 0 Å². The minimum Gasteiger partial charge on any atom is -0.468 e. The van der Waals surface area contributed by atoms with E-state index < -0.39 is 69.9 Å². The molecule has 0 aromatic carbocycles. The highest BCUT2D eigenvalue weighted by molar-refractivity contribution is 6.20. The third-order valence-corrected chi connectivity index (χ3v) is 7.74. The molecule has 0 aromatic heterocycles. The molecule has 32 heavy (non-hydrogen) atoms. The van der Waals surface area contributed by atoms with Gasteiger partial charge >= 0.3 is 23.9 Å². The molecule has 10 heteroatoms. The Morgan fingerprint density at radius 2 is 0.812 bits per heavy atom. The van der Waals surface area contributed by atoms with Crippen LogP contribution < -0.4 is 0 Å². The van der Waals surface area contributed by atoms with Crippen LogP contribution in [-0.2, 0) is 47.7 Å². The fourth-order valence-corrected chi connectivity index (χ4v) is 6.77. The first kappa shape index (κ1) is 23.9. The van der Waals surface area contributed by atoms with Crippen LogP contribution in [-0.4, -0.2) is 63.9 Å². The number of carbonyl (C=O) groups is 6. The normalized spacial score (nSPS) is 36.2. The van der Waals surface area contributed by atoms with Crippen molar-refractivity contribution in [1.29, 1.82) is 0 Å². The summed E-state index contributed by atoms with van der Waals surface area (Å²) in [6.07, 6.45) is 2.59. The number of ketones is 2. The van der Waals surface area contributed by atoms with E-state index in [2.05, 4.69) is 0 Å². The summed E-state index contributed by atoms with van der Waals surface area (Å²) in [6.45, 7) is 0. The molecule has 176 valence electrons. The zero-order valence-corrected chi connectivity index (χ0v) is 18.6. The van der Waals surface area contributed by atoms with Crippen molar-refractivity contribution >= 4 is 35.4 Å². The lowest BCUT2D eigenvalue weighted by atomic mass is 9.52. The lowest BCUT2D eigenvalue weighted by Gasteiger charge is -2.48. The van der Waals surface area contributed by atoms with Crippen molar-refractivity contribution in [3.05, 3.63) is 0 Å². The van der Waals surface area contributed by atoms with E-state index in [9.17, 15) is 28.8 Å². The van der Waals surface area contributed by atoms with Crippen molar-refractivity contribution in [2.75, 3.05) is 28.4 Å². The van der Waals surface area contributed by atoms with Crippen LogP contribution in [0.1, 0.15) is 38.5 Å². The molecule has 3 fully saturated rings. The van der Waals surface area contributed by atoms with Gasteiger partial charge in [0.25, 0.3) is 0 Å². The predicted octanol–water partition coefficient (Wildman–Crippen LogP) is 0.636. The molecule has 3 saturated carbocycles. The van der Waals surface area contributed by atoms with Crippen molar-refractivity contribution in [3.8, 4) is 0 Å². The molecule has 0 bridgehead atoms. The monoisotopic (exact) mass is 452 g/mol. The summed E-state index contributed by atoms with van der Waals surface area (Å²) >= 11 is 0. The molecular weight excluding hydrogens is 424 g/mol. The number of esters is 4. The quantitative estimate of drug-likeness (QED) is 0.339. The Hall–Kier alpha value is -2.78. The molecule has 4 atom stereocenters. The average molecular weight is 452 g/mol. The Bertz CT molecular complexity index is 737. The lowest BCUT2D eigenvalue weighted by Crippen LogP contribution is -2.52. The lowest BCUT2D eigenvalue weighted by molar-refractivity contribution is -0.171. The number of carbonyl (C=O) groups excluding carboxylic acids is 6. The molecule has 0 radical (unpaired) electrons. The fourth-order valence-electron chi connectivity index (χ4n) is 6.77. The van der Waals surface area contributed by atoms with Gasteiger partial charge in [-0.2, -0.15) is 0 Å². The van der Waals surface area contributed by atoms with Gasteiger partial charge in [0.05, 0.1) is 28.4 Å². The molecule has 0 unspecified atom stereocenters. The summed E-state index contributed by atoms with van der Waals surface area (Å²) in [5.74, 6) is -11.8. The van der Waals surface area contributed by atoms with Crippen LogP contribution >= 0.6 is 0 Å². The number of methoxy groups -OCH3 is 4. The molecule has 0 amide bonds. The van der Waals surface area contributed by atoms with Crippen LogP contribution in [0.2, 0.25) is 0 Å². The fraction of sp³-hybridized carbons (Fsp3) is 0.727. The molecule has 0 N–H and O–H groups in total. The third kappa shape index (κ3) is 2.84. The Balaban J connectivity index is 2.48. The Morgan fingerprint density at radius 1 is 0.562 bits per heavy atom. The van der Waals surface area contributed by atoms with Crippen molar-refractivity contribution in [1.82, 2.24) is 0 Å². The summed E-state index contributed by atoms with van der Waals surface area (Å²) in [6, 6.07) is 0. The van der Waals surface area contributed by atoms with Crippen LogP contribution in [0.5, 0.6) is 0 Å². The van der Waals surface area contributed by atoms with Crippen LogP contribution in [0.25, 0.3) is 0 Å². The van der Waals surface area contributed by atoms with E-state index in [4.69, 9.17) is 18.9 Å². The highest BCUT2D eigenvalue weighted by Crippen LogP contribution is 2.74. The molecule has 10 nitrogen and oxygen atoms in total. The molecule has 0 aromatic rings. The number of hydrogen-bond donors (Lipinski definition) is 0. The van der Waals surface area contributed by atoms with E-state index >= 15 is 0 Å². The van der Waals surface area contributed by atoms with E-state index in [-0.39, 0.29) is 12.8 Å². The highest BCUT2D eigenvalue weighted by atomic mass is 16.5. The summed E-state index contributed by atoms with van der Waals surface area (Å²) in [4.78, 5) is 79.4. The van der Waals surface area contributed by atoms with Gasteiger partial charge in [-0.1, -0.05) is 25.7 Å². The molecule has 0 saturated heterocycles. The van der Waals surface area contributed by atoms with Gasteiger partial charge in [0.1, 0.15) is 23.7 Å². The number of Topliss-reactive ketones (excluding diaryl/α,β-unsaturated/α-hetero) is 2. The molecule has 3 rings (SSSR count). The van der Waals surface area contributed by atoms with Crippen LogP contribution in [0.15, 0.2) is 0 Å². The smallest absolute Gasteiger partial charge is 0.316 e. The second-order valence-electron chi connectivity index (χ2n) is 8.62. The average Bonchev–Trinajstić information content (AvgIpc) is 3.09. The number of hydrogen-bond acceptors (Lipinski definition) is 10. The third-order valence-electron chi connectivity index (χ3n) is 7.74. The topological polar surface area (TPSA) is 139 Å². The zero-order chi connectivity index (χ0) is 23.8. The minimum atomic E-state index is -1.67. The maximum absolute atomic E-state index is 13.7. The van der Waals surface area contributed by atoms with Gasteiger partial charge in [-0.05, 0) is 12.8 Å². The maximum atomic E-state index is 13.7. The summed E-state index contributed by atoms with van der Waals surface area (Å²) in [5.41, 5.74) is -3.33. The molecule has 3 aliphatic rings. The molecule has 0 aliphatic heterocycles.